The Morgan fingerprint density at radius 2 is 2.05 bits per heavy atom. The predicted octanol–water partition coefficient (Wildman–Crippen LogP) is 4.25. The molecule has 1 unspecified atom stereocenters. The third kappa shape index (κ3) is 4.11. The SMILES string of the molecule is CC(Cc1ccc(O)cc1)Nc1cnc(Cl)c(Br)c1. The first-order valence-electron chi connectivity index (χ1n) is 5.90. The number of aromatic hydroxyl groups is 1. The molecular weight excluding hydrogens is 328 g/mol. The molecule has 100 valence electrons. The fourth-order valence-electron chi connectivity index (χ4n) is 1.82. The van der Waals surface area contributed by atoms with E-state index in [1.165, 1.54) is 5.56 Å². The summed E-state index contributed by atoms with van der Waals surface area (Å²) < 4.78 is 0.774. The van der Waals surface area contributed by atoms with Crippen LogP contribution in [0.1, 0.15) is 12.5 Å². The van der Waals surface area contributed by atoms with Gasteiger partial charge in [-0.2, -0.15) is 0 Å². The third-order valence-electron chi connectivity index (χ3n) is 2.69. The highest BCUT2D eigenvalue weighted by atomic mass is 79.9. The summed E-state index contributed by atoms with van der Waals surface area (Å²) in [6.45, 7) is 2.09. The molecule has 1 aromatic carbocycles. The summed E-state index contributed by atoms with van der Waals surface area (Å²) in [5.41, 5.74) is 2.08. The second kappa shape index (κ2) is 6.26. The Bertz CT molecular complexity index is 560. The molecule has 1 aromatic heterocycles. The topological polar surface area (TPSA) is 45.1 Å². The molecule has 19 heavy (non-hydrogen) atoms. The van der Waals surface area contributed by atoms with Crippen LogP contribution in [0.2, 0.25) is 5.15 Å². The minimum Gasteiger partial charge on any atom is -0.508 e. The molecule has 2 rings (SSSR count). The fourth-order valence-corrected chi connectivity index (χ4v) is 2.27. The zero-order chi connectivity index (χ0) is 13.8. The number of nitrogens with zero attached hydrogens (tertiary/aromatic N) is 1. The van der Waals surface area contributed by atoms with Crippen LogP contribution in [0.25, 0.3) is 0 Å². The molecule has 0 aliphatic carbocycles. The van der Waals surface area contributed by atoms with E-state index in [-0.39, 0.29) is 11.8 Å². The highest BCUT2D eigenvalue weighted by molar-refractivity contribution is 9.10. The molecule has 3 nitrogen and oxygen atoms in total. The number of phenols is 1. The molecule has 0 aliphatic rings. The Morgan fingerprint density at radius 1 is 1.37 bits per heavy atom. The van der Waals surface area contributed by atoms with Gasteiger partial charge < -0.3 is 10.4 Å². The molecule has 0 bridgehead atoms. The van der Waals surface area contributed by atoms with Gasteiger partial charge in [-0.1, -0.05) is 23.7 Å². The normalized spacial score (nSPS) is 12.2. The van der Waals surface area contributed by atoms with Gasteiger partial charge in [0, 0.05) is 6.04 Å². The maximum absolute atomic E-state index is 9.24. The maximum atomic E-state index is 9.24. The van der Waals surface area contributed by atoms with Gasteiger partial charge in [0.05, 0.1) is 16.4 Å². The zero-order valence-electron chi connectivity index (χ0n) is 10.4. The molecular formula is C14H14BrClN2O. The first-order valence-corrected chi connectivity index (χ1v) is 7.07. The van der Waals surface area contributed by atoms with Crippen LogP contribution in [-0.4, -0.2) is 16.1 Å². The first-order chi connectivity index (χ1) is 9.04. The Morgan fingerprint density at radius 3 is 2.68 bits per heavy atom. The average molecular weight is 342 g/mol. The van der Waals surface area contributed by atoms with E-state index >= 15 is 0 Å². The number of anilines is 1. The fraction of sp³-hybridized carbons (Fsp3) is 0.214. The van der Waals surface area contributed by atoms with Gasteiger partial charge in [0.25, 0.3) is 0 Å². The monoisotopic (exact) mass is 340 g/mol. The lowest BCUT2D eigenvalue weighted by atomic mass is 10.1. The molecule has 2 aromatic rings. The summed E-state index contributed by atoms with van der Waals surface area (Å²) in [5.74, 6) is 0.287. The lowest BCUT2D eigenvalue weighted by molar-refractivity contribution is 0.475. The van der Waals surface area contributed by atoms with E-state index in [0.29, 0.717) is 5.15 Å². The van der Waals surface area contributed by atoms with Crippen LogP contribution in [0.3, 0.4) is 0 Å². The Kier molecular flexibility index (Phi) is 4.66. The Labute approximate surface area is 125 Å². The van der Waals surface area contributed by atoms with Crippen LogP contribution in [0.5, 0.6) is 5.75 Å². The van der Waals surface area contributed by atoms with Crippen molar-refractivity contribution in [3.8, 4) is 5.75 Å². The van der Waals surface area contributed by atoms with E-state index in [1.54, 1.807) is 18.3 Å². The van der Waals surface area contributed by atoms with Crippen molar-refractivity contribution in [2.75, 3.05) is 5.32 Å². The van der Waals surface area contributed by atoms with Gasteiger partial charge in [-0.25, -0.2) is 4.98 Å². The summed E-state index contributed by atoms with van der Waals surface area (Å²) >= 11 is 9.20. The molecule has 0 amide bonds. The Hall–Kier alpha value is -1.26. The van der Waals surface area contributed by atoms with E-state index in [0.717, 1.165) is 16.6 Å². The van der Waals surface area contributed by atoms with E-state index in [4.69, 9.17) is 11.6 Å². The maximum Gasteiger partial charge on any atom is 0.143 e. The number of rotatable bonds is 4. The predicted molar refractivity (Wildman–Crippen MR) is 81.8 cm³/mol. The van der Waals surface area contributed by atoms with Crippen molar-refractivity contribution in [3.05, 3.63) is 51.7 Å². The van der Waals surface area contributed by atoms with Gasteiger partial charge in [0.15, 0.2) is 0 Å². The van der Waals surface area contributed by atoms with Crippen molar-refractivity contribution in [2.24, 2.45) is 0 Å². The molecule has 1 atom stereocenters. The van der Waals surface area contributed by atoms with E-state index in [1.807, 2.05) is 18.2 Å². The van der Waals surface area contributed by atoms with Crippen molar-refractivity contribution in [2.45, 2.75) is 19.4 Å². The van der Waals surface area contributed by atoms with Crippen LogP contribution in [0, 0.1) is 0 Å². The van der Waals surface area contributed by atoms with Crippen LogP contribution >= 0.6 is 27.5 Å². The number of halogens is 2. The van der Waals surface area contributed by atoms with E-state index < -0.39 is 0 Å². The first kappa shape index (κ1) is 14.2. The second-order valence-corrected chi connectivity index (χ2v) is 5.62. The number of aromatic nitrogens is 1. The zero-order valence-corrected chi connectivity index (χ0v) is 12.7. The minimum atomic E-state index is 0.249. The molecule has 0 fully saturated rings. The number of benzene rings is 1. The number of pyridine rings is 1. The quantitative estimate of drug-likeness (QED) is 0.817. The Balaban J connectivity index is 1.98. The van der Waals surface area contributed by atoms with Gasteiger partial charge in [0.2, 0.25) is 0 Å². The van der Waals surface area contributed by atoms with Crippen molar-refractivity contribution in [1.29, 1.82) is 0 Å². The lowest BCUT2D eigenvalue weighted by Crippen LogP contribution is -2.18. The van der Waals surface area contributed by atoms with Gasteiger partial charge in [0.1, 0.15) is 10.9 Å². The van der Waals surface area contributed by atoms with Crippen molar-refractivity contribution in [3.63, 3.8) is 0 Å². The van der Waals surface area contributed by atoms with Crippen LogP contribution in [-0.2, 0) is 6.42 Å². The summed E-state index contributed by atoms with van der Waals surface area (Å²) in [5, 5.41) is 13.1. The number of hydrogen-bond donors (Lipinski definition) is 2. The number of nitrogens with one attached hydrogen (secondary N) is 1. The highest BCUT2D eigenvalue weighted by Gasteiger charge is 2.06. The largest absolute Gasteiger partial charge is 0.508 e. The van der Waals surface area contributed by atoms with Crippen molar-refractivity contribution >= 4 is 33.2 Å². The molecule has 1 heterocycles. The van der Waals surface area contributed by atoms with Gasteiger partial charge in [-0.15, -0.1) is 0 Å². The highest BCUT2D eigenvalue weighted by Crippen LogP contribution is 2.23. The summed E-state index contributed by atoms with van der Waals surface area (Å²) in [4.78, 5) is 4.07. The molecule has 0 spiro atoms. The molecule has 0 aliphatic heterocycles. The van der Waals surface area contributed by atoms with E-state index in [9.17, 15) is 5.11 Å². The van der Waals surface area contributed by atoms with Crippen LogP contribution < -0.4 is 5.32 Å². The standard InChI is InChI=1S/C14H14BrClN2O/c1-9(6-10-2-4-12(19)5-3-10)18-11-7-13(15)14(16)17-8-11/h2-5,7-9,18-19H,6H2,1H3. The summed E-state index contributed by atoms with van der Waals surface area (Å²) in [7, 11) is 0. The second-order valence-electron chi connectivity index (χ2n) is 4.41. The van der Waals surface area contributed by atoms with Gasteiger partial charge >= 0.3 is 0 Å². The van der Waals surface area contributed by atoms with Crippen molar-refractivity contribution < 1.29 is 5.11 Å². The van der Waals surface area contributed by atoms with E-state index in [2.05, 4.69) is 33.2 Å². The lowest BCUT2D eigenvalue weighted by Gasteiger charge is -2.15. The van der Waals surface area contributed by atoms with Gasteiger partial charge in [-0.3, -0.25) is 0 Å². The van der Waals surface area contributed by atoms with Crippen LogP contribution in [0.15, 0.2) is 41.0 Å². The number of phenolic OH excluding ortho intramolecular Hbond substituents is 1. The van der Waals surface area contributed by atoms with Crippen molar-refractivity contribution in [1.82, 2.24) is 4.98 Å². The molecule has 0 radical (unpaired) electrons. The summed E-state index contributed by atoms with van der Waals surface area (Å²) in [6.07, 6.45) is 2.57. The summed E-state index contributed by atoms with van der Waals surface area (Å²) in [6, 6.07) is 9.39. The smallest absolute Gasteiger partial charge is 0.143 e. The third-order valence-corrected chi connectivity index (χ3v) is 3.82. The van der Waals surface area contributed by atoms with Crippen LogP contribution in [0.4, 0.5) is 5.69 Å². The van der Waals surface area contributed by atoms with Gasteiger partial charge in [-0.05, 0) is 53.0 Å². The average Bonchev–Trinajstić information content (AvgIpc) is 2.37. The minimum absolute atomic E-state index is 0.249. The molecule has 0 saturated heterocycles. The number of hydrogen-bond acceptors (Lipinski definition) is 3. The molecule has 5 heteroatoms. The molecule has 0 saturated carbocycles. The molecule has 2 N–H and O–H groups in total.